The van der Waals surface area contributed by atoms with Crippen molar-refractivity contribution in [1.29, 1.82) is 0 Å². The highest BCUT2D eigenvalue weighted by Crippen LogP contribution is 2.34. The highest BCUT2D eigenvalue weighted by atomic mass is 32.2. The van der Waals surface area contributed by atoms with E-state index in [0.29, 0.717) is 23.7 Å². The summed E-state index contributed by atoms with van der Waals surface area (Å²) in [5.74, 6) is 1.91. The summed E-state index contributed by atoms with van der Waals surface area (Å²) in [4.78, 5) is 5.05. The molecule has 0 saturated carbocycles. The minimum atomic E-state index is -3.49. The number of fused-ring (bicyclic) bond motifs is 1. The predicted octanol–water partition coefficient (Wildman–Crippen LogP) is 3.41. The van der Waals surface area contributed by atoms with E-state index in [-0.39, 0.29) is 12.0 Å². The van der Waals surface area contributed by atoms with Gasteiger partial charge in [-0.25, -0.2) is 13.4 Å². The molecule has 1 aromatic heterocycles. The number of rotatable bonds is 5. The molecule has 0 radical (unpaired) electrons. The summed E-state index contributed by atoms with van der Waals surface area (Å²) < 4.78 is 34.6. The molecule has 27 heavy (non-hydrogen) atoms. The molecular formula is C20H23N3O3S. The maximum absolute atomic E-state index is 12.9. The van der Waals surface area contributed by atoms with E-state index in [1.165, 1.54) is 4.31 Å². The molecule has 1 aliphatic rings. The lowest BCUT2D eigenvalue weighted by Gasteiger charge is -2.40. The summed E-state index contributed by atoms with van der Waals surface area (Å²) in [6.45, 7) is 5.13. The van der Waals surface area contributed by atoms with Crippen LogP contribution in [0.3, 0.4) is 0 Å². The summed E-state index contributed by atoms with van der Waals surface area (Å²) in [7, 11) is -1.93. The number of benzene rings is 2. The van der Waals surface area contributed by atoms with E-state index in [0.717, 1.165) is 16.9 Å². The molecule has 1 saturated heterocycles. The molecule has 7 heteroatoms. The molecule has 3 aromatic rings. The van der Waals surface area contributed by atoms with Crippen molar-refractivity contribution in [2.24, 2.45) is 0 Å². The first-order valence-electron chi connectivity index (χ1n) is 9.03. The van der Waals surface area contributed by atoms with Crippen molar-refractivity contribution in [2.75, 3.05) is 20.2 Å². The van der Waals surface area contributed by atoms with Crippen LogP contribution >= 0.6 is 0 Å². The maximum atomic E-state index is 12.9. The second-order valence-electron chi connectivity index (χ2n) is 7.13. The van der Waals surface area contributed by atoms with Crippen molar-refractivity contribution >= 4 is 21.1 Å². The first-order valence-corrected chi connectivity index (χ1v) is 10.5. The van der Waals surface area contributed by atoms with Crippen LogP contribution in [0.1, 0.15) is 31.6 Å². The van der Waals surface area contributed by atoms with Gasteiger partial charge in [-0.1, -0.05) is 26.0 Å². The van der Waals surface area contributed by atoms with Crippen molar-refractivity contribution in [3.05, 3.63) is 54.4 Å². The van der Waals surface area contributed by atoms with Crippen LogP contribution in [-0.4, -0.2) is 42.5 Å². The quantitative estimate of drug-likeness (QED) is 0.675. The largest absolute Gasteiger partial charge is 0.497 e. The average molecular weight is 385 g/mol. The van der Waals surface area contributed by atoms with Gasteiger partial charge < -0.3 is 9.30 Å². The predicted molar refractivity (Wildman–Crippen MR) is 105 cm³/mol. The number of imidazole rings is 1. The second-order valence-corrected chi connectivity index (χ2v) is 9.07. The van der Waals surface area contributed by atoms with Crippen molar-refractivity contribution in [1.82, 2.24) is 13.9 Å². The zero-order chi connectivity index (χ0) is 19.2. The van der Waals surface area contributed by atoms with Crippen LogP contribution in [0.5, 0.6) is 5.75 Å². The van der Waals surface area contributed by atoms with Crippen LogP contribution in [0.2, 0.25) is 0 Å². The summed E-state index contributed by atoms with van der Waals surface area (Å²) in [5.41, 5.74) is 2.02. The Hall–Kier alpha value is -2.38. The van der Waals surface area contributed by atoms with Crippen LogP contribution in [-0.2, 0) is 10.0 Å². The zero-order valence-electron chi connectivity index (χ0n) is 15.7. The van der Waals surface area contributed by atoms with Gasteiger partial charge in [0.05, 0.1) is 29.1 Å². The lowest BCUT2D eigenvalue weighted by atomic mass is 10.1. The SMILES string of the molecule is COc1ccc(S(=O)(=O)N2CC(n3c(C(C)C)nc4ccccc43)C2)cc1. The summed E-state index contributed by atoms with van der Waals surface area (Å²) in [5, 5.41) is 0. The lowest BCUT2D eigenvalue weighted by molar-refractivity contribution is 0.204. The van der Waals surface area contributed by atoms with Gasteiger partial charge in [-0.05, 0) is 36.4 Å². The number of hydrogen-bond acceptors (Lipinski definition) is 4. The first-order chi connectivity index (χ1) is 12.9. The van der Waals surface area contributed by atoms with Crippen molar-refractivity contribution in [2.45, 2.75) is 30.7 Å². The normalized spacial score (nSPS) is 16.0. The Labute approximate surface area is 159 Å². The van der Waals surface area contributed by atoms with Gasteiger partial charge in [0, 0.05) is 19.0 Å². The highest BCUT2D eigenvalue weighted by Gasteiger charge is 2.39. The Balaban J connectivity index is 1.60. The van der Waals surface area contributed by atoms with Gasteiger partial charge in [-0.15, -0.1) is 0 Å². The Morgan fingerprint density at radius 2 is 1.74 bits per heavy atom. The molecular weight excluding hydrogens is 362 g/mol. The molecule has 0 unspecified atom stereocenters. The lowest BCUT2D eigenvalue weighted by Crippen LogP contribution is -2.50. The van der Waals surface area contributed by atoms with Gasteiger partial charge in [0.25, 0.3) is 0 Å². The standard InChI is InChI=1S/C20H23N3O3S/c1-14(2)20-21-18-6-4-5-7-19(18)23(20)15-12-22(13-15)27(24,25)17-10-8-16(26-3)9-11-17/h4-11,14-15H,12-13H2,1-3H3. The zero-order valence-corrected chi connectivity index (χ0v) is 16.5. The number of nitrogens with zero attached hydrogens (tertiary/aromatic N) is 3. The highest BCUT2D eigenvalue weighted by molar-refractivity contribution is 7.89. The minimum absolute atomic E-state index is 0.0998. The molecule has 142 valence electrons. The fourth-order valence-corrected chi connectivity index (χ4v) is 5.04. The third-order valence-corrected chi connectivity index (χ3v) is 6.88. The van der Waals surface area contributed by atoms with E-state index in [1.807, 2.05) is 18.2 Å². The molecule has 0 N–H and O–H groups in total. The van der Waals surface area contributed by atoms with Gasteiger partial charge in [0.2, 0.25) is 10.0 Å². The Bertz CT molecular complexity index is 1070. The molecule has 1 fully saturated rings. The molecule has 0 amide bonds. The number of aromatic nitrogens is 2. The Morgan fingerprint density at radius 1 is 1.07 bits per heavy atom. The smallest absolute Gasteiger partial charge is 0.243 e. The van der Waals surface area contributed by atoms with E-state index in [1.54, 1.807) is 31.4 Å². The molecule has 0 spiro atoms. The number of para-hydroxylation sites is 2. The summed E-state index contributed by atoms with van der Waals surface area (Å²) in [6.07, 6.45) is 0. The van der Waals surface area contributed by atoms with E-state index in [2.05, 4.69) is 24.5 Å². The van der Waals surface area contributed by atoms with E-state index in [9.17, 15) is 8.42 Å². The fourth-order valence-electron chi connectivity index (χ4n) is 3.53. The van der Waals surface area contributed by atoms with Crippen LogP contribution in [0.15, 0.2) is 53.4 Å². The van der Waals surface area contributed by atoms with Gasteiger partial charge in [0.15, 0.2) is 0 Å². The number of sulfonamides is 1. The van der Waals surface area contributed by atoms with Crippen molar-refractivity contribution in [3.8, 4) is 5.75 Å². The molecule has 2 aromatic carbocycles. The molecule has 1 aliphatic heterocycles. The van der Waals surface area contributed by atoms with Gasteiger partial charge >= 0.3 is 0 Å². The minimum Gasteiger partial charge on any atom is -0.497 e. The van der Waals surface area contributed by atoms with Crippen LogP contribution in [0, 0.1) is 0 Å². The monoisotopic (exact) mass is 385 g/mol. The van der Waals surface area contributed by atoms with Gasteiger partial charge in [-0.3, -0.25) is 0 Å². The van der Waals surface area contributed by atoms with Crippen molar-refractivity contribution in [3.63, 3.8) is 0 Å². The van der Waals surface area contributed by atoms with E-state index in [4.69, 9.17) is 9.72 Å². The average Bonchev–Trinajstić information content (AvgIpc) is 3.00. The van der Waals surface area contributed by atoms with Crippen molar-refractivity contribution < 1.29 is 13.2 Å². The Kier molecular flexibility index (Phi) is 4.44. The Morgan fingerprint density at radius 3 is 2.37 bits per heavy atom. The van der Waals surface area contributed by atoms with Gasteiger partial charge in [0.1, 0.15) is 11.6 Å². The van der Waals surface area contributed by atoms with Gasteiger partial charge in [-0.2, -0.15) is 4.31 Å². The fraction of sp³-hybridized carbons (Fsp3) is 0.350. The number of ether oxygens (including phenoxy) is 1. The molecule has 2 heterocycles. The van der Waals surface area contributed by atoms with Crippen LogP contribution in [0.4, 0.5) is 0 Å². The molecule has 4 rings (SSSR count). The molecule has 0 atom stereocenters. The third-order valence-electron chi connectivity index (χ3n) is 5.03. The molecule has 0 bridgehead atoms. The molecule has 6 nitrogen and oxygen atoms in total. The summed E-state index contributed by atoms with van der Waals surface area (Å²) in [6, 6.07) is 14.6. The van der Waals surface area contributed by atoms with E-state index >= 15 is 0 Å². The van der Waals surface area contributed by atoms with Crippen LogP contribution < -0.4 is 4.74 Å². The number of hydrogen-bond donors (Lipinski definition) is 0. The third kappa shape index (κ3) is 3.00. The molecule has 0 aliphatic carbocycles. The van der Waals surface area contributed by atoms with E-state index < -0.39 is 10.0 Å². The number of methoxy groups -OCH3 is 1. The second kappa shape index (κ2) is 6.65. The van der Waals surface area contributed by atoms with Crippen LogP contribution in [0.25, 0.3) is 11.0 Å². The first kappa shape index (κ1) is 18.0. The summed E-state index contributed by atoms with van der Waals surface area (Å²) >= 11 is 0. The topological polar surface area (TPSA) is 64.4 Å². The maximum Gasteiger partial charge on any atom is 0.243 e.